The van der Waals surface area contributed by atoms with Crippen molar-refractivity contribution in [3.63, 3.8) is 0 Å². The van der Waals surface area contributed by atoms with Gasteiger partial charge >= 0.3 is 0 Å². The van der Waals surface area contributed by atoms with Gasteiger partial charge in [0.05, 0.1) is 6.26 Å². The predicted molar refractivity (Wildman–Crippen MR) is 79.2 cm³/mol. The molecule has 0 fully saturated rings. The fraction of sp³-hybridized carbons (Fsp3) is 0.412. The minimum absolute atomic E-state index is 0.382. The lowest BCUT2D eigenvalue weighted by molar-refractivity contribution is 0.430. The maximum Gasteiger partial charge on any atom is 0.103 e. The Labute approximate surface area is 115 Å². The average molecular weight is 257 g/mol. The van der Waals surface area contributed by atoms with Crippen molar-refractivity contribution in [3.8, 4) is 0 Å². The molecule has 102 valence electrons. The normalized spacial score (nSPS) is 14.3. The minimum atomic E-state index is 0.382. The van der Waals surface area contributed by atoms with Gasteiger partial charge in [0.1, 0.15) is 5.76 Å². The van der Waals surface area contributed by atoms with Crippen LogP contribution in [0.4, 0.5) is 0 Å². The zero-order chi connectivity index (χ0) is 13.7. The van der Waals surface area contributed by atoms with Crippen LogP contribution in [0.1, 0.15) is 43.2 Å². The Morgan fingerprint density at radius 2 is 1.84 bits per heavy atom. The van der Waals surface area contributed by atoms with E-state index < -0.39 is 0 Å². The molecule has 2 nitrogen and oxygen atoms in total. The molecule has 0 aliphatic rings. The number of hydrogen-bond acceptors (Lipinski definition) is 2. The molecule has 1 N–H and O–H groups in total. The van der Waals surface area contributed by atoms with Crippen molar-refractivity contribution in [3.05, 3.63) is 59.5 Å². The summed E-state index contributed by atoms with van der Waals surface area (Å²) in [6.45, 7) is 6.57. The Hall–Kier alpha value is -1.54. The highest BCUT2D eigenvalue weighted by Crippen LogP contribution is 2.15. The molecule has 0 saturated carbocycles. The van der Waals surface area contributed by atoms with E-state index in [1.54, 1.807) is 6.26 Å². The lowest BCUT2D eigenvalue weighted by Gasteiger charge is -2.20. The molecule has 19 heavy (non-hydrogen) atoms. The van der Waals surface area contributed by atoms with Gasteiger partial charge < -0.3 is 9.73 Å². The van der Waals surface area contributed by atoms with Gasteiger partial charge in [-0.3, -0.25) is 0 Å². The Bertz CT molecular complexity index is 472. The van der Waals surface area contributed by atoms with Gasteiger partial charge in [0.2, 0.25) is 0 Å². The third kappa shape index (κ3) is 4.25. The molecule has 0 aliphatic carbocycles. The van der Waals surface area contributed by atoms with Gasteiger partial charge in [0.25, 0.3) is 0 Å². The van der Waals surface area contributed by atoms with Crippen LogP contribution in [0.25, 0.3) is 0 Å². The SMILES string of the molecule is Cc1ccc([C@@H](C)N[C@@H](C)CCc2ccco2)cc1. The van der Waals surface area contributed by atoms with E-state index >= 15 is 0 Å². The van der Waals surface area contributed by atoms with Crippen molar-refractivity contribution in [1.29, 1.82) is 0 Å². The van der Waals surface area contributed by atoms with Gasteiger partial charge in [-0.25, -0.2) is 0 Å². The third-order valence-corrected chi connectivity index (χ3v) is 3.52. The summed E-state index contributed by atoms with van der Waals surface area (Å²) < 4.78 is 5.36. The number of aryl methyl sites for hydroxylation is 2. The summed E-state index contributed by atoms with van der Waals surface area (Å²) in [6.07, 6.45) is 3.81. The second kappa shape index (κ2) is 6.58. The van der Waals surface area contributed by atoms with Crippen molar-refractivity contribution in [2.24, 2.45) is 0 Å². The lowest BCUT2D eigenvalue weighted by Crippen LogP contribution is -2.29. The molecule has 0 bridgehead atoms. The molecule has 0 unspecified atom stereocenters. The van der Waals surface area contributed by atoms with Gasteiger partial charge in [-0.1, -0.05) is 29.8 Å². The fourth-order valence-corrected chi connectivity index (χ4v) is 2.28. The molecule has 1 aromatic carbocycles. The highest BCUT2D eigenvalue weighted by atomic mass is 16.3. The molecule has 1 aromatic heterocycles. The molecule has 2 atom stereocenters. The van der Waals surface area contributed by atoms with Gasteiger partial charge in [-0.05, 0) is 44.9 Å². The van der Waals surface area contributed by atoms with E-state index in [0.717, 1.165) is 18.6 Å². The topological polar surface area (TPSA) is 25.2 Å². The highest BCUT2D eigenvalue weighted by Gasteiger charge is 2.09. The predicted octanol–water partition coefficient (Wildman–Crippen LogP) is 4.26. The molecular formula is C17H23NO. The van der Waals surface area contributed by atoms with Gasteiger partial charge in [0, 0.05) is 18.5 Å². The van der Waals surface area contributed by atoms with E-state index in [0.29, 0.717) is 12.1 Å². The Balaban J connectivity index is 1.81. The van der Waals surface area contributed by atoms with E-state index in [1.165, 1.54) is 11.1 Å². The summed E-state index contributed by atoms with van der Waals surface area (Å²) in [5.74, 6) is 1.07. The highest BCUT2D eigenvalue weighted by molar-refractivity contribution is 5.23. The van der Waals surface area contributed by atoms with E-state index in [9.17, 15) is 0 Å². The van der Waals surface area contributed by atoms with Gasteiger partial charge in [0.15, 0.2) is 0 Å². The van der Waals surface area contributed by atoms with E-state index in [4.69, 9.17) is 4.42 Å². The number of hydrogen-bond donors (Lipinski definition) is 1. The Kier molecular flexibility index (Phi) is 4.80. The Morgan fingerprint density at radius 3 is 2.47 bits per heavy atom. The molecule has 2 aromatic rings. The minimum Gasteiger partial charge on any atom is -0.469 e. The number of nitrogens with one attached hydrogen (secondary N) is 1. The second-order valence-electron chi connectivity index (χ2n) is 5.32. The van der Waals surface area contributed by atoms with Crippen LogP contribution in [0.2, 0.25) is 0 Å². The van der Waals surface area contributed by atoms with E-state index in [-0.39, 0.29) is 0 Å². The van der Waals surface area contributed by atoms with E-state index in [2.05, 4.69) is 50.4 Å². The first kappa shape index (κ1) is 13.9. The van der Waals surface area contributed by atoms with Crippen molar-refractivity contribution < 1.29 is 4.42 Å². The first-order valence-electron chi connectivity index (χ1n) is 7.00. The van der Waals surface area contributed by atoms with Crippen molar-refractivity contribution in [2.75, 3.05) is 0 Å². The zero-order valence-electron chi connectivity index (χ0n) is 12.0. The van der Waals surface area contributed by atoms with Crippen LogP contribution in [0.3, 0.4) is 0 Å². The van der Waals surface area contributed by atoms with Crippen molar-refractivity contribution in [2.45, 2.75) is 45.7 Å². The van der Waals surface area contributed by atoms with Gasteiger partial charge in [-0.15, -0.1) is 0 Å². The molecule has 0 aliphatic heterocycles. The van der Waals surface area contributed by atoms with Crippen molar-refractivity contribution in [1.82, 2.24) is 5.32 Å². The molecule has 2 rings (SSSR count). The van der Waals surface area contributed by atoms with Gasteiger partial charge in [-0.2, -0.15) is 0 Å². The quantitative estimate of drug-likeness (QED) is 0.836. The number of rotatable bonds is 6. The van der Waals surface area contributed by atoms with E-state index in [1.807, 2.05) is 12.1 Å². The molecule has 0 amide bonds. The summed E-state index contributed by atoms with van der Waals surface area (Å²) in [5.41, 5.74) is 2.65. The van der Waals surface area contributed by atoms with Crippen LogP contribution in [0.5, 0.6) is 0 Å². The zero-order valence-corrected chi connectivity index (χ0v) is 12.0. The molecule has 0 spiro atoms. The summed E-state index contributed by atoms with van der Waals surface area (Å²) in [7, 11) is 0. The lowest BCUT2D eigenvalue weighted by atomic mass is 10.0. The fourth-order valence-electron chi connectivity index (χ4n) is 2.28. The second-order valence-corrected chi connectivity index (χ2v) is 5.32. The Morgan fingerprint density at radius 1 is 1.11 bits per heavy atom. The van der Waals surface area contributed by atoms with Crippen molar-refractivity contribution >= 4 is 0 Å². The first-order chi connectivity index (χ1) is 9.15. The largest absolute Gasteiger partial charge is 0.469 e. The standard InChI is InChI=1S/C17H23NO/c1-13-6-9-16(10-7-13)15(3)18-14(2)8-11-17-5-4-12-19-17/h4-7,9-10,12,14-15,18H,8,11H2,1-3H3/t14-,15+/m0/s1. The van der Waals surface area contributed by atoms with Crippen LogP contribution in [-0.2, 0) is 6.42 Å². The van der Waals surface area contributed by atoms with Crippen LogP contribution >= 0.6 is 0 Å². The average Bonchev–Trinajstić information content (AvgIpc) is 2.90. The smallest absolute Gasteiger partial charge is 0.103 e. The molecule has 1 heterocycles. The maximum atomic E-state index is 5.36. The summed E-state index contributed by atoms with van der Waals surface area (Å²) in [4.78, 5) is 0. The molecule has 0 saturated heterocycles. The molecular weight excluding hydrogens is 234 g/mol. The summed E-state index contributed by atoms with van der Waals surface area (Å²) in [6, 6.07) is 13.6. The van der Waals surface area contributed by atoms with Crippen LogP contribution in [0.15, 0.2) is 47.1 Å². The summed E-state index contributed by atoms with van der Waals surface area (Å²) >= 11 is 0. The van der Waals surface area contributed by atoms with Crippen LogP contribution < -0.4 is 5.32 Å². The third-order valence-electron chi connectivity index (χ3n) is 3.52. The first-order valence-corrected chi connectivity index (χ1v) is 7.00. The summed E-state index contributed by atoms with van der Waals surface area (Å²) in [5, 5.41) is 3.64. The number of furan rings is 1. The maximum absolute atomic E-state index is 5.36. The van der Waals surface area contributed by atoms with Crippen LogP contribution in [0, 0.1) is 6.92 Å². The molecule has 2 heteroatoms. The molecule has 0 radical (unpaired) electrons. The number of benzene rings is 1. The monoisotopic (exact) mass is 257 g/mol. The van der Waals surface area contributed by atoms with Crippen LogP contribution in [-0.4, -0.2) is 6.04 Å².